The number of carboxylic acid groups (broad SMARTS) is 2. The number of benzene rings is 6. The third-order valence-electron chi connectivity index (χ3n) is 14.3. The van der Waals surface area contributed by atoms with Gasteiger partial charge in [0.05, 0.1) is 16.2 Å². The first kappa shape index (κ1) is 51.3. The smallest absolute Gasteiger partial charge is 0.310 e. The summed E-state index contributed by atoms with van der Waals surface area (Å²) in [6.45, 7) is 11.2. The fourth-order valence-corrected chi connectivity index (χ4v) is 10.7. The fourth-order valence-electron chi connectivity index (χ4n) is 10.1. The van der Waals surface area contributed by atoms with Crippen LogP contribution in [0.3, 0.4) is 0 Å². The first-order chi connectivity index (χ1) is 34.9. The van der Waals surface area contributed by atoms with Gasteiger partial charge in [-0.25, -0.2) is 4.98 Å². The van der Waals surface area contributed by atoms with Crippen LogP contribution in [0.5, 0.6) is 0 Å². The van der Waals surface area contributed by atoms with Crippen LogP contribution in [0.2, 0.25) is 0 Å². The highest BCUT2D eigenvalue weighted by molar-refractivity contribution is 7.13. The van der Waals surface area contributed by atoms with Gasteiger partial charge in [0.2, 0.25) is 5.91 Å². The maximum absolute atomic E-state index is 13.2. The van der Waals surface area contributed by atoms with Crippen LogP contribution < -0.4 is 5.32 Å². The first-order valence-corrected chi connectivity index (χ1v) is 25.3. The van der Waals surface area contributed by atoms with Crippen LogP contribution in [-0.4, -0.2) is 47.2 Å². The third kappa shape index (κ3) is 10.9. The lowest BCUT2D eigenvalue weighted by Crippen LogP contribution is -2.37. The van der Waals surface area contributed by atoms with Crippen LogP contribution in [-0.2, 0) is 28.5 Å². The average molecular weight is 990 g/mol. The first-order valence-electron chi connectivity index (χ1n) is 24.4. The minimum absolute atomic E-state index is 0.0375. The number of nitrogens with one attached hydrogen (secondary N) is 2. The minimum Gasteiger partial charge on any atom is -0.481 e. The summed E-state index contributed by atoms with van der Waals surface area (Å²) in [4.78, 5) is 44.3. The second-order valence-corrected chi connectivity index (χ2v) is 21.3. The van der Waals surface area contributed by atoms with Crippen LogP contribution in [0.4, 0.5) is 5.13 Å². The predicted molar refractivity (Wildman–Crippen MR) is 296 cm³/mol. The van der Waals surface area contributed by atoms with Crippen molar-refractivity contribution in [1.82, 2.24) is 19.1 Å². The second kappa shape index (κ2) is 21.4. The Kier molecular flexibility index (Phi) is 15.0. The fraction of sp³-hybridized carbons (Fsp3) is 0.226. The van der Waals surface area contributed by atoms with Crippen LogP contribution in [0.25, 0.3) is 32.7 Å². The molecule has 372 valence electrons. The molecular formula is C62H63N5O5S. The van der Waals surface area contributed by atoms with Crippen molar-refractivity contribution in [1.29, 1.82) is 0 Å². The largest absolute Gasteiger partial charge is 0.481 e. The van der Waals surface area contributed by atoms with Gasteiger partial charge in [0.15, 0.2) is 5.13 Å². The summed E-state index contributed by atoms with van der Waals surface area (Å²) in [6, 6.07) is 55.0. The van der Waals surface area contributed by atoms with Gasteiger partial charge in [-0.3, -0.25) is 14.4 Å². The minimum atomic E-state index is -0.899. The maximum Gasteiger partial charge on any atom is 0.310 e. The van der Waals surface area contributed by atoms with E-state index in [2.05, 4.69) is 91.3 Å². The summed E-state index contributed by atoms with van der Waals surface area (Å²) in [7, 11) is 4.06. The van der Waals surface area contributed by atoms with Gasteiger partial charge in [0.25, 0.3) is 0 Å². The molecule has 0 radical (unpaired) electrons. The summed E-state index contributed by atoms with van der Waals surface area (Å²) in [6.07, 6.45) is 7.68. The summed E-state index contributed by atoms with van der Waals surface area (Å²) < 4.78 is 4.18. The van der Waals surface area contributed by atoms with E-state index in [1.165, 1.54) is 22.2 Å². The van der Waals surface area contributed by atoms with E-state index in [1.54, 1.807) is 33.9 Å². The number of aryl methyl sites for hydroxylation is 2. The number of thiazole rings is 1. The van der Waals surface area contributed by atoms with Gasteiger partial charge in [-0.1, -0.05) is 123 Å². The summed E-state index contributed by atoms with van der Waals surface area (Å²) in [5, 5.41) is 28.3. The van der Waals surface area contributed by atoms with Crippen molar-refractivity contribution in [3.05, 3.63) is 227 Å². The molecule has 3 atom stereocenters. The van der Waals surface area contributed by atoms with E-state index in [1.807, 2.05) is 149 Å². The summed E-state index contributed by atoms with van der Waals surface area (Å²) in [5.74, 6) is -2.12. The Bertz CT molecular complexity index is 3480. The quantitative estimate of drug-likeness (QED) is 0.0906. The number of aliphatic carboxylic acids is 2. The molecule has 4 aromatic heterocycles. The lowest BCUT2D eigenvalue weighted by molar-refractivity contribution is -0.148. The molecule has 11 heteroatoms. The van der Waals surface area contributed by atoms with Crippen molar-refractivity contribution < 1.29 is 24.6 Å². The van der Waals surface area contributed by atoms with Gasteiger partial charge in [0, 0.05) is 78.6 Å². The molecule has 0 aliphatic rings. The molecule has 0 saturated heterocycles. The molecule has 0 saturated carbocycles. The Balaban J connectivity index is 0.000000148. The number of aromatic nitrogens is 4. The molecule has 6 aromatic carbocycles. The van der Waals surface area contributed by atoms with Gasteiger partial charge in [-0.15, -0.1) is 11.3 Å². The number of rotatable bonds is 13. The standard InChI is InChI=1S/C23H23N3OS.C20H21NO2.C19H19NO2/c1-23(2,21(27)25-22-24-12-14-28-22)20(16-7-5-4-6-8-16)18-9-10-19-17(15-18)11-13-26(19)3;1-20(2,19(22)23)18(14-7-5-4-6-8-14)16-9-10-17-15(13-16)11-12-21(17)3;1-19(2,18(21)22)17(13-6-4-3-5-7-13)15-8-9-16-14(12-15)10-11-20-16/h4-15,20H,1-3H3,(H,24,25,27);4-13,18H,1-3H3,(H,22,23);3-12,17,20H,1-2H3,(H,21,22). The molecule has 3 unspecified atom stereocenters. The number of hydrogen-bond acceptors (Lipinski definition) is 5. The zero-order valence-electron chi connectivity index (χ0n) is 42.6. The zero-order chi connectivity index (χ0) is 52.1. The van der Waals surface area contributed by atoms with Crippen molar-refractivity contribution in [3.8, 4) is 0 Å². The molecule has 0 aliphatic heterocycles. The van der Waals surface area contributed by atoms with Crippen LogP contribution in [0.15, 0.2) is 194 Å². The lowest BCUT2D eigenvalue weighted by atomic mass is 9.70. The van der Waals surface area contributed by atoms with Gasteiger partial charge in [0.1, 0.15) is 0 Å². The zero-order valence-corrected chi connectivity index (χ0v) is 43.4. The van der Waals surface area contributed by atoms with Crippen molar-refractivity contribution >= 4 is 67.0 Å². The Morgan fingerprint density at radius 1 is 0.521 bits per heavy atom. The summed E-state index contributed by atoms with van der Waals surface area (Å²) >= 11 is 1.43. The summed E-state index contributed by atoms with van der Waals surface area (Å²) in [5.41, 5.74) is 7.26. The molecule has 4 N–H and O–H groups in total. The molecule has 10 rings (SSSR count). The molecule has 10 aromatic rings. The molecule has 0 aliphatic carbocycles. The number of hydrogen-bond donors (Lipinski definition) is 4. The molecular weight excluding hydrogens is 927 g/mol. The van der Waals surface area contributed by atoms with Gasteiger partial charge >= 0.3 is 11.9 Å². The number of fused-ring (bicyclic) bond motifs is 3. The van der Waals surface area contributed by atoms with E-state index in [0.29, 0.717) is 5.13 Å². The molecule has 1 amide bonds. The predicted octanol–water partition coefficient (Wildman–Crippen LogP) is 14.3. The highest BCUT2D eigenvalue weighted by Crippen LogP contribution is 2.45. The number of carbonyl (C=O) groups is 3. The van der Waals surface area contributed by atoms with Crippen LogP contribution in [0.1, 0.15) is 92.7 Å². The highest BCUT2D eigenvalue weighted by atomic mass is 32.1. The van der Waals surface area contributed by atoms with Crippen LogP contribution >= 0.6 is 11.3 Å². The molecule has 10 nitrogen and oxygen atoms in total. The van der Waals surface area contributed by atoms with Crippen molar-refractivity contribution in [2.24, 2.45) is 30.3 Å². The molecule has 0 bridgehead atoms. The topological polar surface area (TPSA) is 142 Å². The normalized spacial score (nSPS) is 13.0. The third-order valence-corrected chi connectivity index (χ3v) is 15.0. The van der Waals surface area contributed by atoms with E-state index in [4.69, 9.17) is 0 Å². The van der Waals surface area contributed by atoms with Gasteiger partial charge in [-0.05, 0) is 132 Å². The number of anilines is 1. The van der Waals surface area contributed by atoms with E-state index in [0.717, 1.165) is 55.2 Å². The SMILES string of the molecule is CC(C)(C(=O)O)C(c1ccccc1)c1ccc2[nH]ccc2c1.Cn1ccc2cc(C(c3ccccc3)C(C)(C)C(=O)Nc3nccs3)ccc21.Cn1ccc2cc(C(c3ccccc3)C(C)(C)C(=O)O)ccc21. The molecule has 0 spiro atoms. The molecule has 73 heavy (non-hydrogen) atoms. The van der Waals surface area contributed by atoms with E-state index < -0.39 is 28.2 Å². The van der Waals surface area contributed by atoms with Crippen LogP contribution in [0, 0.1) is 16.2 Å². The Hall–Kier alpha value is -8.02. The van der Waals surface area contributed by atoms with E-state index in [9.17, 15) is 24.6 Å². The second-order valence-electron chi connectivity index (χ2n) is 20.4. The van der Waals surface area contributed by atoms with Crippen molar-refractivity contribution in [2.45, 2.75) is 59.3 Å². The average Bonchev–Trinajstić information content (AvgIpc) is 4.22. The van der Waals surface area contributed by atoms with E-state index >= 15 is 0 Å². The van der Waals surface area contributed by atoms with Gasteiger partial charge < -0.3 is 29.6 Å². The Morgan fingerprint density at radius 3 is 1.34 bits per heavy atom. The molecule has 4 heterocycles. The maximum atomic E-state index is 13.2. The number of nitrogens with zero attached hydrogens (tertiary/aromatic N) is 3. The number of carboxylic acids is 2. The Labute approximate surface area is 431 Å². The number of amides is 1. The number of H-pyrrole nitrogens is 1. The lowest BCUT2D eigenvalue weighted by Gasteiger charge is -2.34. The number of aromatic amines is 1. The Morgan fingerprint density at radius 2 is 0.932 bits per heavy atom. The van der Waals surface area contributed by atoms with Crippen molar-refractivity contribution in [2.75, 3.05) is 5.32 Å². The van der Waals surface area contributed by atoms with Gasteiger partial charge in [-0.2, -0.15) is 0 Å². The van der Waals surface area contributed by atoms with Crippen molar-refractivity contribution in [3.63, 3.8) is 0 Å². The monoisotopic (exact) mass is 989 g/mol. The number of carbonyl (C=O) groups excluding carboxylic acids is 1. The highest BCUT2D eigenvalue weighted by Gasteiger charge is 2.41. The van der Waals surface area contributed by atoms with E-state index in [-0.39, 0.29) is 23.7 Å². The molecule has 0 fully saturated rings.